The van der Waals surface area contributed by atoms with Crippen LogP contribution in [0.2, 0.25) is 0 Å². The highest BCUT2D eigenvalue weighted by molar-refractivity contribution is 5.87. The maximum absolute atomic E-state index is 11.9. The van der Waals surface area contributed by atoms with Crippen LogP contribution in [0.1, 0.15) is 17.5 Å². The summed E-state index contributed by atoms with van der Waals surface area (Å²) in [4.78, 5) is 46.9. The molecule has 2 aromatic rings. The van der Waals surface area contributed by atoms with E-state index in [2.05, 4.69) is 16.0 Å². The molecule has 0 unspecified atom stereocenters. The number of alkyl carbamates (subject to hydrolysis) is 1. The Morgan fingerprint density at radius 2 is 1.45 bits per heavy atom. The number of carboxylic acid groups (broad SMARTS) is 1. The lowest BCUT2D eigenvalue weighted by atomic mass is 10.1. The fourth-order valence-corrected chi connectivity index (χ4v) is 2.58. The Morgan fingerprint density at radius 1 is 0.839 bits per heavy atom. The average molecular weight is 427 g/mol. The summed E-state index contributed by atoms with van der Waals surface area (Å²) in [5.74, 6) is -2.35. The Labute approximate surface area is 179 Å². The molecule has 0 saturated heterocycles. The van der Waals surface area contributed by atoms with Crippen LogP contribution in [0.15, 0.2) is 60.7 Å². The predicted octanol–water partition coefficient (Wildman–Crippen LogP) is 1.23. The van der Waals surface area contributed by atoms with Crippen molar-refractivity contribution >= 4 is 23.9 Å². The Balaban J connectivity index is 1.67. The number of ether oxygens (including phenoxy) is 1. The van der Waals surface area contributed by atoms with E-state index in [4.69, 9.17) is 4.74 Å². The molecule has 9 nitrogen and oxygen atoms in total. The number of benzene rings is 2. The molecule has 4 N–H and O–H groups in total. The van der Waals surface area contributed by atoms with E-state index in [1.165, 1.54) is 0 Å². The van der Waals surface area contributed by atoms with E-state index < -0.39 is 30.6 Å². The first-order chi connectivity index (χ1) is 14.9. The summed E-state index contributed by atoms with van der Waals surface area (Å²) in [6, 6.07) is 17.1. The van der Waals surface area contributed by atoms with Crippen LogP contribution in [0, 0.1) is 0 Å². The SMILES string of the molecule is O=C(CCc1ccccc1)NC[C@H](NC(=O)CNC(=O)OCc1ccccc1)C(=O)O. The minimum absolute atomic E-state index is 0.0427. The zero-order valence-electron chi connectivity index (χ0n) is 16.9. The summed E-state index contributed by atoms with van der Waals surface area (Å²) in [5, 5.41) is 16.2. The molecule has 0 heterocycles. The van der Waals surface area contributed by atoms with Crippen molar-refractivity contribution in [1.82, 2.24) is 16.0 Å². The molecule has 3 amide bonds. The van der Waals surface area contributed by atoms with Crippen molar-refractivity contribution in [2.75, 3.05) is 13.1 Å². The predicted molar refractivity (Wildman–Crippen MR) is 112 cm³/mol. The molecule has 0 saturated carbocycles. The Morgan fingerprint density at radius 3 is 2.06 bits per heavy atom. The second kappa shape index (κ2) is 12.6. The van der Waals surface area contributed by atoms with Crippen LogP contribution in [0.25, 0.3) is 0 Å². The molecule has 0 aliphatic carbocycles. The molecule has 164 valence electrons. The van der Waals surface area contributed by atoms with Crippen LogP contribution in [0.4, 0.5) is 4.79 Å². The average Bonchev–Trinajstić information content (AvgIpc) is 2.78. The highest BCUT2D eigenvalue weighted by atomic mass is 16.5. The second-order valence-corrected chi connectivity index (χ2v) is 6.66. The minimum Gasteiger partial charge on any atom is -0.480 e. The van der Waals surface area contributed by atoms with Crippen molar-refractivity contribution in [3.05, 3.63) is 71.8 Å². The first-order valence-electron chi connectivity index (χ1n) is 9.71. The van der Waals surface area contributed by atoms with Gasteiger partial charge < -0.3 is 25.8 Å². The van der Waals surface area contributed by atoms with Gasteiger partial charge in [-0.3, -0.25) is 9.59 Å². The number of amides is 3. The van der Waals surface area contributed by atoms with Gasteiger partial charge >= 0.3 is 12.1 Å². The highest BCUT2D eigenvalue weighted by Crippen LogP contribution is 2.02. The van der Waals surface area contributed by atoms with Crippen molar-refractivity contribution in [2.45, 2.75) is 25.5 Å². The van der Waals surface area contributed by atoms with E-state index >= 15 is 0 Å². The number of hydrogen-bond acceptors (Lipinski definition) is 5. The monoisotopic (exact) mass is 427 g/mol. The van der Waals surface area contributed by atoms with Crippen LogP contribution in [0.5, 0.6) is 0 Å². The van der Waals surface area contributed by atoms with Crippen molar-refractivity contribution in [3.63, 3.8) is 0 Å². The first-order valence-corrected chi connectivity index (χ1v) is 9.71. The maximum atomic E-state index is 11.9. The van der Waals surface area contributed by atoms with Gasteiger partial charge in [0.25, 0.3) is 0 Å². The Kier molecular flexibility index (Phi) is 9.54. The number of hydrogen-bond donors (Lipinski definition) is 4. The van der Waals surface area contributed by atoms with Gasteiger partial charge in [-0.15, -0.1) is 0 Å². The van der Waals surface area contributed by atoms with Gasteiger partial charge in [0.1, 0.15) is 19.2 Å². The molecule has 2 rings (SSSR count). The summed E-state index contributed by atoms with van der Waals surface area (Å²) in [5.41, 5.74) is 1.78. The summed E-state index contributed by atoms with van der Waals surface area (Å²) in [7, 11) is 0. The van der Waals surface area contributed by atoms with Crippen LogP contribution in [0.3, 0.4) is 0 Å². The summed E-state index contributed by atoms with van der Waals surface area (Å²) in [6.45, 7) is -0.687. The molecule has 0 spiro atoms. The highest BCUT2D eigenvalue weighted by Gasteiger charge is 2.21. The van der Waals surface area contributed by atoms with E-state index in [1.807, 2.05) is 36.4 Å². The topological polar surface area (TPSA) is 134 Å². The zero-order valence-corrected chi connectivity index (χ0v) is 16.9. The zero-order chi connectivity index (χ0) is 22.5. The molecule has 0 bridgehead atoms. The fourth-order valence-electron chi connectivity index (χ4n) is 2.58. The first kappa shape index (κ1) is 23.4. The van der Waals surface area contributed by atoms with E-state index in [9.17, 15) is 24.3 Å². The van der Waals surface area contributed by atoms with Gasteiger partial charge in [-0.1, -0.05) is 60.7 Å². The maximum Gasteiger partial charge on any atom is 0.407 e. The van der Waals surface area contributed by atoms with Crippen LogP contribution in [-0.4, -0.2) is 48.1 Å². The normalized spacial score (nSPS) is 11.1. The van der Waals surface area contributed by atoms with Crippen molar-refractivity contribution in [1.29, 1.82) is 0 Å². The van der Waals surface area contributed by atoms with Crippen molar-refractivity contribution in [3.8, 4) is 0 Å². The fraction of sp³-hybridized carbons (Fsp3) is 0.273. The number of aryl methyl sites for hydroxylation is 1. The van der Waals surface area contributed by atoms with E-state index in [0.717, 1.165) is 11.1 Å². The lowest BCUT2D eigenvalue weighted by Gasteiger charge is -2.15. The summed E-state index contributed by atoms with van der Waals surface area (Å²) in [6.07, 6.45) is -0.0923. The molecule has 31 heavy (non-hydrogen) atoms. The molecule has 0 aromatic heterocycles. The number of aliphatic carboxylic acids is 1. The Bertz CT molecular complexity index is 873. The molecule has 1 atom stereocenters. The molecule has 2 aromatic carbocycles. The second-order valence-electron chi connectivity index (χ2n) is 6.66. The van der Waals surface area contributed by atoms with E-state index in [1.54, 1.807) is 24.3 Å². The quantitative estimate of drug-likeness (QED) is 0.426. The van der Waals surface area contributed by atoms with Crippen molar-refractivity contribution < 1.29 is 29.0 Å². The lowest BCUT2D eigenvalue weighted by molar-refractivity contribution is -0.141. The van der Waals surface area contributed by atoms with Gasteiger partial charge in [-0.25, -0.2) is 9.59 Å². The Hall–Kier alpha value is -3.88. The molecule has 0 fully saturated rings. The van der Waals surface area contributed by atoms with Crippen LogP contribution < -0.4 is 16.0 Å². The number of carboxylic acids is 1. The van der Waals surface area contributed by atoms with Gasteiger partial charge in [0.05, 0.1) is 0 Å². The van der Waals surface area contributed by atoms with Crippen LogP contribution >= 0.6 is 0 Å². The summed E-state index contributed by atoms with van der Waals surface area (Å²) >= 11 is 0. The van der Waals surface area contributed by atoms with Crippen molar-refractivity contribution in [2.24, 2.45) is 0 Å². The van der Waals surface area contributed by atoms with Gasteiger partial charge in [0.15, 0.2) is 0 Å². The number of rotatable bonds is 11. The number of nitrogens with one attached hydrogen (secondary N) is 3. The molecule has 0 radical (unpaired) electrons. The third-order valence-electron chi connectivity index (χ3n) is 4.23. The standard InChI is InChI=1S/C22H25N3O6/c26-19(12-11-16-7-3-1-4-8-16)23-13-18(21(28)29)25-20(27)14-24-22(30)31-15-17-9-5-2-6-10-17/h1-10,18H,11-15H2,(H,23,26)(H,24,30)(H,25,27)(H,28,29)/t18-/m0/s1. The minimum atomic E-state index is -1.32. The third-order valence-corrected chi connectivity index (χ3v) is 4.23. The lowest BCUT2D eigenvalue weighted by Crippen LogP contribution is -2.50. The smallest absolute Gasteiger partial charge is 0.407 e. The third kappa shape index (κ3) is 9.44. The van der Waals surface area contributed by atoms with Gasteiger partial charge in [-0.05, 0) is 17.5 Å². The van der Waals surface area contributed by atoms with E-state index in [-0.39, 0.29) is 25.5 Å². The van der Waals surface area contributed by atoms with Gasteiger partial charge in [0, 0.05) is 13.0 Å². The molecule has 9 heteroatoms. The van der Waals surface area contributed by atoms with Gasteiger partial charge in [-0.2, -0.15) is 0 Å². The van der Waals surface area contributed by atoms with Gasteiger partial charge in [0.2, 0.25) is 11.8 Å². The number of carbonyl (C=O) groups is 4. The summed E-state index contributed by atoms with van der Waals surface area (Å²) < 4.78 is 4.97. The molecular weight excluding hydrogens is 402 g/mol. The van der Waals surface area contributed by atoms with Crippen LogP contribution in [-0.2, 0) is 32.1 Å². The molecular formula is C22H25N3O6. The molecule has 0 aliphatic rings. The number of carbonyl (C=O) groups excluding carboxylic acids is 3. The van der Waals surface area contributed by atoms with E-state index in [0.29, 0.717) is 6.42 Å². The largest absolute Gasteiger partial charge is 0.480 e. The molecule has 0 aliphatic heterocycles.